The van der Waals surface area contributed by atoms with E-state index in [4.69, 9.17) is 28.4 Å². The van der Waals surface area contributed by atoms with Crippen LogP contribution in [0, 0.1) is 0 Å². The van der Waals surface area contributed by atoms with Gasteiger partial charge in [-0.25, -0.2) is 4.79 Å². The van der Waals surface area contributed by atoms with Crippen LogP contribution in [0.4, 0.5) is 0 Å². The summed E-state index contributed by atoms with van der Waals surface area (Å²) in [4.78, 5) is 12.9. The first-order valence-corrected chi connectivity index (χ1v) is 12.9. The first-order chi connectivity index (χ1) is 16.6. The second kappa shape index (κ2) is 9.36. The van der Waals surface area contributed by atoms with Crippen molar-refractivity contribution in [3.05, 3.63) is 42.0 Å². The smallest absolute Gasteiger partial charge is 0.331 e. The zero-order valence-corrected chi connectivity index (χ0v) is 19.6. The van der Waals surface area contributed by atoms with Crippen molar-refractivity contribution in [3.63, 3.8) is 0 Å². The number of carbonyl (C=O) groups excluding carboxylic acids is 1. The summed E-state index contributed by atoms with van der Waals surface area (Å²) in [5, 5.41) is 0. The Balaban J connectivity index is 1.19. The molecule has 7 nitrogen and oxygen atoms in total. The minimum atomic E-state index is -0.624. The summed E-state index contributed by atoms with van der Waals surface area (Å²) in [5.74, 6) is -1.58. The second-order valence-electron chi connectivity index (χ2n) is 10.2. The minimum absolute atomic E-state index is 0.325. The van der Waals surface area contributed by atoms with Gasteiger partial charge in [-0.15, -0.1) is 0 Å². The van der Waals surface area contributed by atoms with Crippen LogP contribution in [0.1, 0.15) is 69.8 Å². The van der Waals surface area contributed by atoms with Crippen LogP contribution in [-0.4, -0.2) is 54.9 Å². The normalized spacial score (nSPS) is 36.3. The van der Waals surface area contributed by atoms with Gasteiger partial charge in [-0.05, 0) is 37.3 Å². The van der Waals surface area contributed by atoms with Gasteiger partial charge < -0.3 is 28.4 Å². The molecule has 184 valence electrons. The van der Waals surface area contributed by atoms with Crippen LogP contribution >= 0.6 is 0 Å². The summed E-state index contributed by atoms with van der Waals surface area (Å²) in [5.41, 5.74) is 0.935. The van der Waals surface area contributed by atoms with E-state index in [0.29, 0.717) is 6.61 Å². The SMILES string of the molecule is O=C(/C=C/c1ccccc1)O[C@H]1[C@H]2OC3(CCCCC3)O[C@@H]2O[C@@H]1[C@@H]1COC2(CCCCC2)O1. The van der Waals surface area contributed by atoms with Crippen molar-refractivity contribution in [3.8, 4) is 0 Å². The number of fused-ring (bicyclic) bond motifs is 1. The van der Waals surface area contributed by atoms with Crippen LogP contribution in [0.15, 0.2) is 36.4 Å². The molecule has 1 aromatic carbocycles. The highest BCUT2D eigenvalue weighted by Gasteiger charge is 2.62. The number of carbonyl (C=O) groups is 1. The van der Waals surface area contributed by atoms with E-state index in [1.54, 1.807) is 6.08 Å². The Morgan fingerprint density at radius 2 is 1.56 bits per heavy atom. The monoisotopic (exact) mass is 470 g/mol. The van der Waals surface area contributed by atoms with E-state index in [1.165, 1.54) is 18.9 Å². The number of ether oxygens (including phenoxy) is 6. The van der Waals surface area contributed by atoms with Crippen molar-refractivity contribution in [1.82, 2.24) is 0 Å². The summed E-state index contributed by atoms with van der Waals surface area (Å²) in [6.07, 6.45) is 10.9. The average Bonchev–Trinajstić information content (AvgIpc) is 3.52. The molecule has 5 aliphatic rings. The van der Waals surface area contributed by atoms with Crippen molar-refractivity contribution < 1.29 is 33.2 Å². The van der Waals surface area contributed by atoms with E-state index in [-0.39, 0.29) is 6.10 Å². The van der Waals surface area contributed by atoms with Gasteiger partial charge >= 0.3 is 5.97 Å². The first-order valence-electron chi connectivity index (χ1n) is 12.9. The molecule has 0 bridgehead atoms. The fraction of sp³-hybridized carbons (Fsp3) is 0.667. The number of hydrogen-bond acceptors (Lipinski definition) is 7. The molecule has 3 saturated heterocycles. The molecule has 0 radical (unpaired) electrons. The second-order valence-corrected chi connectivity index (χ2v) is 10.2. The maximum atomic E-state index is 12.9. The number of benzene rings is 1. The lowest BCUT2D eigenvalue weighted by atomic mass is 9.94. The van der Waals surface area contributed by atoms with Crippen molar-refractivity contribution in [2.24, 2.45) is 0 Å². The zero-order valence-electron chi connectivity index (χ0n) is 19.6. The molecule has 5 fully saturated rings. The Labute approximate surface area is 200 Å². The third-order valence-corrected chi connectivity index (χ3v) is 7.83. The van der Waals surface area contributed by atoms with Gasteiger partial charge in [0.25, 0.3) is 0 Å². The third kappa shape index (κ3) is 4.44. The lowest BCUT2D eigenvalue weighted by Crippen LogP contribution is -2.46. The minimum Gasteiger partial charge on any atom is -0.453 e. The molecule has 3 heterocycles. The van der Waals surface area contributed by atoms with Crippen LogP contribution in [0.5, 0.6) is 0 Å². The molecule has 3 aliphatic heterocycles. The van der Waals surface area contributed by atoms with E-state index in [1.807, 2.05) is 30.3 Å². The van der Waals surface area contributed by atoms with E-state index in [9.17, 15) is 4.79 Å². The Kier molecular flexibility index (Phi) is 6.24. The molecule has 0 amide bonds. The Bertz CT molecular complexity index is 887. The van der Waals surface area contributed by atoms with Gasteiger partial charge in [0.05, 0.1) is 6.61 Å². The topological polar surface area (TPSA) is 72.5 Å². The predicted octanol–water partition coefficient (Wildman–Crippen LogP) is 4.49. The maximum Gasteiger partial charge on any atom is 0.331 e. The van der Waals surface area contributed by atoms with Gasteiger partial charge in [-0.2, -0.15) is 0 Å². The summed E-state index contributed by atoms with van der Waals surface area (Å²) in [6.45, 7) is 0.420. The molecule has 5 atom stereocenters. The van der Waals surface area contributed by atoms with Crippen LogP contribution in [0.25, 0.3) is 6.08 Å². The Morgan fingerprint density at radius 1 is 0.853 bits per heavy atom. The molecular weight excluding hydrogens is 436 g/mol. The quantitative estimate of drug-likeness (QED) is 0.474. The van der Waals surface area contributed by atoms with Crippen LogP contribution in [0.2, 0.25) is 0 Å². The van der Waals surface area contributed by atoms with Crippen molar-refractivity contribution in [2.75, 3.05) is 6.61 Å². The Morgan fingerprint density at radius 3 is 2.29 bits per heavy atom. The van der Waals surface area contributed by atoms with Crippen LogP contribution < -0.4 is 0 Å². The Hall–Kier alpha value is -1.77. The van der Waals surface area contributed by atoms with Crippen molar-refractivity contribution in [1.29, 1.82) is 0 Å². The highest BCUT2D eigenvalue weighted by atomic mass is 16.9. The van der Waals surface area contributed by atoms with Gasteiger partial charge in [-0.1, -0.05) is 43.2 Å². The van der Waals surface area contributed by atoms with E-state index < -0.39 is 42.1 Å². The van der Waals surface area contributed by atoms with Crippen molar-refractivity contribution >= 4 is 12.0 Å². The third-order valence-electron chi connectivity index (χ3n) is 7.83. The molecule has 2 saturated carbocycles. The van der Waals surface area contributed by atoms with Gasteiger partial charge in [0.2, 0.25) is 0 Å². The zero-order chi connectivity index (χ0) is 23.0. The molecule has 7 heteroatoms. The maximum absolute atomic E-state index is 12.9. The van der Waals surface area contributed by atoms with E-state index in [0.717, 1.165) is 56.9 Å². The molecular formula is C27H34O7. The molecule has 34 heavy (non-hydrogen) atoms. The van der Waals surface area contributed by atoms with Gasteiger partial charge in [0.1, 0.15) is 12.2 Å². The summed E-state index contributed by atoms with van der Waals surface area (Å²) >= 11 is 0. The predicted molar refractivity (Wildman–Crippen MR) is 122 cm³/mol. The number of hydrogen-bond donors (Lipinski definition) is 0. The van der Waals surface area contributed by atoms with Gasteiger partial charge in [-0.3, -0.25) is 0 Å². The molecule has 0 N–H and O–H groups in total. The molecule has 0 unspecified atom stereocenters. The molecule has 2 spiro atoms. The molecule has 1 aromatic rings. The summed E-state index contributed by atoms with van der Waals surface area (Å²) in [6, 6.07) is 9.69. The average molecular weight is 471 g/mol. The van der Waals surface area contributed by atoms with E-state index >= 15 is 0 Å². The van der Waals surface area contributed by atoms with Gasteiger partial charge in [0, 0.05) is 31.8 Å². The highest BCUT2D eigenvalue weighted by Crippen LogP contribution is 2.48. The fourth-order valence-electron chi connectivity index (χ4n) is 6.11. The van der Waals surface area contributed by atoms with Crippen molar-refractivity contribution in [2.45, 2.75) is 106 Å². The number of rotatable bonds is 4. The lowest BCUT2D eigenvalue weighted by molar-refractivity contribution is -0.261. The molecule has 6 rings (SSSR count). The van der Waals surface area contributed by atoms with E-state index in [2.05, 4.69) is 0 Å². The standard InChI is InChI=1S/C27H34O7/c28-21(13-12-19-10-4-1-5-11-19)30-23-22(20-18-29-26(32-20)14-6-2-7-15-26)31-25-24(23)33-27(34-25)16-8-3-9-17-27/h1,4-5,10-13,20,22-25H,2-3,6-9,14-18H2/b13-12+/t20-,22+,23+,24+,25-/m0/s1. The molecule has 0 aromatic heterocycles. The summed E-state index contributed by atoms with van der Waals surface area (Å²) < 4.78 is 37.8. The lowest BCUT2D eigenvalue weighted by Gasteiger charge is -2.35. The fourth-order valence-corrected chi connectivity index (χ4v) is 6.11. The first kappa shape index (κ1) is 22.7. The van der Waals surface area contributed by atoms with Crippen LogP contribution in [0.3, 0.4) is 0 Å². The van der Waals surface area contributed by atoms with Crippen LogP contribution in [-0.2, 0) is 33.2 Å². The summed E-state index contributed by atoms with van der Waals surface area (Å²) in [7, 11) is 0. The largest absolute Gasteiger partial charge is 0.453 e. The number of esters is 1. The highest BCUT2D eigenvalue weighted by molar-refractivity contribution is 5.87. The molecule has 2 aliphatic carbocycles. The van der Waals surface area contributed by atoms with Gasteiger partial charge in [0.15, 0.2) is 30.1 Å².